The number of carbonyl (C=O) groups is 1. The predicted molar refractivity (Wildman–Crippen MR) is 73.7 cm³/mol. The number of rotatable bonds is 8. The second-order valence-electron chi connectivity index (χ2n) is 3.72. The van der Waals surface area contributed by atoms with Gasteiger partial charge in [-0.15, -0.1) is 0 Å². The Bertz CT molecular complexity index is 391. The summed E-state index contributed by atoms with van der Waals surface area (Å²) in [7, 11) is 0. The van der Waals surface area contributed by atoms with E-state index in [9.17, 15) is 4.79 Å². The molecule has 4 nitrogen and oxygen atoms in total. The van der Waals surface area contributed by atoms with E-state index in [4.69, 9.17) is 4.74 Å². The van der Waals surface area contributed by atoms with Crippen LogP contribution in [0.25, 0.3) is 0 Å². The van der Waals surface area contributed by atoms with Gasteiger partial charge in [-0.25, -0.2) is 0 Å². The van der Waals surface area contributed by atoms with Crippen LogP contribution in [0.1, 0.15) is 23.7 Å². The third-order valence-corrected chi connectivity index (χ3v) is 2.38. The zero-order valence-electron chi connectivity index (χ0n) is 10.7. The summed E-state index contributed by atoms with van der Waals surface area (Å²) in [6.07, 6.45) is 2.17. The Balaban J connectivity index is 2.47. The number of amides is 1. The lowest BCUT2D eigenvalue weighted by Crippen LogP contribution is -2.26. The van der Waals surface area contributed by atoms with Crippen LogP contribution in [0.5, 0.6) is 0 Å². The van der Waals surface area contributed by atoms with Crippen LogP contribution in [-0.4, -0.2) is 25.6 Å². The molecule has 0 aliphatic rings. The van der Waals surface area contributed by atoms with E-state index in [-0.39, 0.29) is 5.91 Å². The van der Waals surface area contributed by atoms with Gasteiger partial charge in [-0.2, -0.15) is 0 Å². The van der Waals surface area contributed by atoms with Gasteiger partial charge in [0.15, 0.2) is 0 Å². The molecule has 1 amide bonds. The van der Waals surface area contributed by atoms with Crippen LogP contribution in [0.15, 0.2) is 37.1 Å². The number of hydrogen-bond acceptors (Lipinski definition) is 3. The summed E-state index contributed by atoms with van der Waals surface area (Å²) in [6, 6.07) is 7.48. The third-order valence-electron chi connectivity index (χ3n) is 2.38. The van der Waals surface area contributed by atoms with Crippen molar-refractivity contribution in [2.45, 2.75) is 13.3 Å². The molecule has 1 aromatic rings. The number of benzene rings is 1. The molecule has 0 spiro atoms. The molecule has 98 valence electrons. The van der Waals surface area contributed by atoms with Crippen LogP contribution in [-0.2, 0) is 4.74 Å². The normalized spacial score (nSPS) is 9.61. The molecule has 0 bridgehead atoms. The van der Waals surface area contributed by atoms with Crippen LogP contribution in [0.3, 0.4) is 0 Å². The van der Waals surface area contributed by atoms with Gasteiger partial charge in [0.25, 0.3) is 5.91 Å². The number of carbonyl (C=O) groups excluding carboxylic acids is 1. The Kier molecular flexibility index (Phi) is 6.40. The fraction of sp³-hybridized carbons (Fsp3) is 0.357. The molecule has 0 heterocycles. The fourth-order valence-corrected chi connectivity index (χ4v) is 1.56. The van der Waals surface area contributed by atoms with Crippen LogP contribution < -0.4 is 10.6 Å². The summed E-state index contributed by atoms with van der Waals surface area (Å²) in [4.78, 5) is 12.0. The SMILES string of the molecule is C=COCCCNC(=O)c1ccccc1NCC. The molecular formula is C14H20N2O2. The molecule has 0 radical (unpaired) electrons. The zero-order chi connectivity index (χ0) is 13.2. The summed E-state index contributed by atoms with van der Waals surface area (Å²) in [6.45, 7) is 7.40. The predicted octanol–water partition coefficient (Wildman–Crippen LogP) is 2.40. The van der Waals surface area contributed by atoms with Gasteiger partial charge >= 0.3 is 0 Å². The summed E-state index contributed by atoms with van der Waals surface area (Å²) in [5.74, 6) is -0.0647. The van der Waals surface area contributed by atoms with Crippen molar-refractivity contribution in [2.75, 3.05) is 25.0 Å². The maximum atomic E-state index is 12.0. The molecule has 1 rings (SSSR count). The van der Waals surface area contributed by atoms with Gasteiger partial charge in [0.05, 0.1) is 18.4 Å². The molecule has 0 aliphatic heterocycles. The summed E-state index contributed by atoms with van der Waals surface area (Å²) in [5.41, 5.74) is 1.53. The van der Waals surface area contributed by atoms with E-state index >= 15 is 0 Å². The lowest BCUT2D eigenvalue weighted by atomic mass is 10.1. The third kappa shape index (κ3) is 4.49. The molecule has 2 N–H and O–H groups in total. The Morgan fingerprint density at radius 1 is 1.44 bits per heavy atom. The van der Waals surface area contributed by atoms with Crippen LogP contribution in [0.2, 0.25) is 0 Å². The van der Waals surface area contributed by atoms with E-state index in [2.05, 4.69) is 17.2 Å². The minimum atomic E-state index is -0.0647. The molecule has 0 fully saturated rings. The molecule has 18 heavy (non-hydrogen) atoms. The van der Waals surface area contributed by atoms with E-state index in [1.165, 1.54) is 6.26 Å². The molecular weight excluding hydrogens is 228 g/mol. The maximum Gasteiger partial charge on any atom is 0.253 e. The topological polar surface area (TPSA) is 50.4 Å². The van der Waals surface area contributed by atoms with Crippen molar-refractivity contribution < 1.29 is 9.53 Å². The van der Waals surface area contributed by atoms with Gasteiger partial charge in [-0.1, -0.05) is 18.7 Å². The minimum absolute atomic E-state index is 0.0647. The van der Waals surface area contributed by atoms with Crippen molar-refractivity contribution in [3.8, 4) is 0 Å². The molecule has 1 aromatic carbocycles. The summed E-state index contributed by atoms with van der Waals surface area (Å²) < 4.78 is 4.98. The Morgan fingerprint density at radius 2 is 2.22 bits per heavy atom. The number of para-hydroxylation sites is 1. The average Bonchev–Trinajstić information content (AvgIpc) is 2.39. The number of hydrogen-bond donors (Lipinski definition) is 2. The standard InChI is InChI=1S/C14H20N2O2/c1-3-15-13-9-6-5-8-12(13)14(17)16-10-7-11-18-4-2/h4-6,8-9,15H,2-3,7,10-11H2,1H3,(H,16,17). The van der Waals surface area contributed by atoms with Crippen molar-refractivity contribution in [3.63, 3.8) is 0 Å². The number of anilines is 1. The summed E-state index contributed by atoms with van der Waals surface area (Å²) in [5, 5.41) is 6.03. The molecule has 0 aliphatic carbocycles. The highest BCUT2D eigenvalue weighted by atomic mass is 16.5. The summed E-state index contributed by atoms with van der Waals surface area (Å²) >= 11 is 0. The van der Waals surface area contributed by atoms with Crippen molar-refractivity contribution in [1.82, 2.24) is 5.32 Å². The lowest BCUT2D eigenvalue weighted by Gasteiger charge is -2.10. The van der Waals surface area contributed by atoms with Crippen molar-refractivity contribution in [1.29, 1.82) is 0 Å². The molecule has 0 saturated heterocycles. The highest BCUT2D eigenvalue weighted by molar-refractivity contribution is 5.99. The molecule has 4 heteroatoms. The van der Waals surface area contributed by atoms with Gasteiger partial charge in [0, 0.05) is 18.8 Å². The molecule has 0 unspecified atom stereocenters. The smallest absolute Gasteiger partial charge is 0.253 e. The molecule has 0 atom stereocenters. The second-order valence-corrected chi connectivity index (χ2v) is 3.72. The van der Waals surface area contributed by atoms with Gasteiger partial charge in [0.1, 0.15) is 0 Å². The van der Waals surface area contributed by atoms with Crippen molar-refractivity contribution in [2.24, 2.45) is 0 Å². The van der Waals surface area contributed by atoms with E-state index in [0.29, 0.717) is 18.7 Å². The van der Waals surface area contributed by atoms with Gasteiger partial charge in [-0.3, -0.25) is 4.79 Å². The lowest BCUT2D eigenvalue weighted by molar-refractivity contribution is 0.0951. The Labute approximate surface area is 108 Å². The monoisotopic (exact) mass is 248 g/mol. The number of ether oxygens (including phenoxy) is 1. The Hall–Kier alpha value is -1.97. The minimum Gasteiger partial charge on any atom is -0.502 e. The first-order chi connectivity index (χ1) is 8.79. The van der Waals surface area contributed by atoms with E-state index in [1.54, 1.807) is 0 Å². The highest BCUT2D eigenvalue weighted by Crippen LogP contribution is 2.14. The van der Waals surface area contributed by atoms with E-state index in [0.717, 1.165) is 18.7 Å². The highest BCUT2D eigenvalue weighted by Gasteiger charge is 2.09. The Morgan fingerprint density at radius 3 is 2.94 bits per heavy atom. The quantitative estimate of drug-likeness (QED) is 0.548. The number of nitrogens with one attached hydrogen (secondary N) is 2. The van der Waals surface area contributed by atoms with Crippen LogP contribution in [0.4, 0.5) is 5.69 Å². The van der Waals surface area contributed by atoms with Crippen LogP contribution >= 0.6 is 0 Å². The van der Waals surface area contributed by atoms with Crippen molar-refractivity contribution in [3.05, 3.63) is 42.7 Å². The molecule has 0 aromatic heterocycles. The van der Waals surface area contributed by atoms with Gasteiger partial charge in [0.2, 0.25) is 0 Å². The first-order valence-corrected chi connectivity index (χ1v) is 6.13. The van der Waals surface area contributed by atoms with Crippen LogP contribution in [0, 0.1) is 0 Å². The van der Waals surface area contributed by atoms with Gasteiger partial charge in [-0.05, 0) is 25.5 Å². The van der Waals surface area contributed by atoms with E-state index < -0.39 is 0 Å². The van der Waals surface area contributed by atoms with Crippen molar-refractivity contribution >= 4 is 11.6 Å². The average molecular weight is 248 g/mol. The fourth-order valence-electron chi connectivity index (χ4n) is 1.56. The maximum absolute atomic E-state index is 12.0. The first-order valence-electron chi connectivity index (χ1n) is 6.13. The molecule has 0 saturated carbocycles. The zero-order valence-corrected chi connectivity index (χ0v) is 10.7. The second kappa shape index (κ2) is 8.17. The van der Waals surface area contributed by atoms with Gasteiger partial charge < -0.3 is 15.4 Å². The van der Waals surface area contributed by atoms with E-state index in [1.807, 2.05) is 31.2 Å². The largest absolute Gasteiger partial charge is 0.502 e. The first kappa shape index (κ1) is 14.1.